The van der Waals surface area contributed by atoms with Gasteiger partial charge in [0.15, 0.2) is 17.3 Å². The van der Waals surface area contributed by atoms with Crippen molar-refractivity contribution in [3.05, 3.63) is 65.2 Å². The van der Waals surface area contributed by atoms with Crippen molar-refractivity contribution < 1.29 is 23.9 Å². The quantitative estimate of drug-likeness (QED) is 0.364. The molecule has 0 atom stereocenters. The maximum atomic E-state index is 12.2. The Labute approximate surface area is 177 Å². The number of carbonyl (C=O) groups is 3. The largest absolute Gasteiger partial charge is 0.423 e. The van der Waals surface area contributed by atoms with Crippen molar-refractivity contribution in [1.29, 1.82) is 0 Å². The molecule has 0 unspecified atom stereocenters. The van der Waals surface area contributed by atoms with Gasteiger partial charge in [-0.05, 0) is 46.7 Å². The highest BCUT2D eigenvalue weighted by molar-refractivity contribution is 5.93. The average molecular weight is 408 g/mol. The number of allylic oxidation sites excluding steroid dienone is 1. The number of benzene rings is 2. The van der Waals surface area contributed by atoms with Crippen LogP contribution in [0.4, 0.5) is 0 Å². The Hall–Kier alpha value is -3.21. The molecule has 0 saturated carbocycles. The fraction of sp³-hybridized carbons (Fsp3) is 0.320. The van der Waals surface area contributed by atoms with Crippen LogP contribution in [0.2, 0.25) is 0 Å². The van der Waals surface area contributed by atoms with Crippen molar-refractivity contribution >= 4 is 23.8 Å². The molecule has 0 aliphatic heterocycles. The Morgan fingerprint density at radius 3 is 2.03 bits per heavy atom. The Kier molecular flexibility index (Phi) is 7.70. The van der Waals surface area contributed by atoms with E-state index in [0.29, 0.717) is 18.4 Å². The van der Waals surface area contributed by atoms with Crippen molar-refractivity contribution in [3.8, 4) is 11.5 Å². The molecule has 0 radical (unpaired) electrons. The van der Waals surface area contributed by atoms with Gasteiger partial charge in [-0.15, -0.1) is 0 Å². The van der Waals surface area contributed by atoms with E-state index in [2.05, 4.69) is 45.0 Å². The second-order valence-corrected chi connectivity index (χ2v) is 8.14. The van der Waals surface area contributed by atoms with Gasteiger partial charge in [-0.1, -0.05) is 57.2 Å². The molecule has 0 aromatic heterocycles. The van der Waals surface area contributed by atoms with E-state index in [4.69, 9.17) is 9.47 Å². The lowest BCUT2D eigenvalue weighted by molar-refractivity contribution is -0.134. The van der Waals surface area contributed by atoms with Crippen LogP contribution >= 0.6 is 0 Å². The lowest BCUT2D eigenvalue weighted by Gasteiger charge is -2.19. The van der Waals surface area contributed by atoms with Gasteiger partial charge in [0.2, 0.25) is 0 Å². The first-order chi connectivity index (χ1) is 14.0. The predicted octanol–water partition coefficient (Wildman–Crippen LogP) is 5.05. The van der Waals surface area contributed by atoms with Gasteiger partial charge in [-0.3, -0.25) is 14.4 Å². The molecule has 5 heteroatoms. The summed E-state index contributed by atoms with van der Waals surface area (Å²) in [4.78, 5) is 34.7. The van der Waals surface area contributed by atoms with E-state index >= 15 is 0 Å². The monoisotopic (exact) mass is 408 g/mol. The zero-order valence-electron chi connectivity index (χ0n) is 18.2. The van der Waals surface area contributed by atoms with E-state index in [9.17, 15) is 14.4 Å². The van der Waals surface area contributed by atoms with E-state index in [1.807, 2.05) is 0 Å². The minimum atomic E-state index is -0.530. The predicted molar refractivity (Wildman–Crippen MR) is 117 cm³/mol. The summed E-state index contributed by atoms with van der Waals surface area (Å²) in [6, 6.07) is 13.1. The molecule has 0 aliphatic carbocycles. The van der Waals surface area contributed by atoms with Crippen LogP contribution in [0.1, 0.15) is 57.7 Å². The van der Waals surface area contributed by atoms with E-state index in [-0.39, 0.29) is 22.7 Å². The van der Waals surface area contributed by atoms with Crippen LogP contribution in [0.15, 0.2) is 48.5 Å². The summed E-state index contributed by atoms with van der Waals surface area (Å²) < 4.78 is 10.1. The smallest absolute Gasteiger partial charge is 0.308 e. The highest BCUT2D eigenvalue weighted by Crippen LogP contribution is 2.29. The van der Waals surface area contributed by atoms with Crippen LogP contribution in [0, 0.1) is 0 Å². The molecule has 0 bridgehead atoms. The van der Waals surface area contributed by atoms with E-state index in [1.54, 1.807) is 18.2 Å². The fourth-order valence-electron chi connectivity index (χ4n) is 2.81. The molecule has 5 nitrogen and oxygen atoms in total. The molecule has 0 spiro atoms. The number of ether oxygens (including phenoxy) is 2. The first-order valence-electron chi connectivity index (χ1n) is 9.86. The summed E-state index contributed by atoms with van der Waals surface area (Å²) in [7, 11) is 0. The molecule has 0 saturated heterocycles. The third-order valence-electron chi connectivity index (χ3n) is 4.42. The maximum Gasteiger partial charge on any atom is 0.308 e. The highest BCUT2D eigenvalue weighted by Gasteiger charge is 2.13. The Morgan fingerprint density at radius 1 is 0.867 bits per heavy atom. The molecule has 158 valence electrons. The van der Waals surface area contributed by atoms with E-state index in [0.717, 1.165) is 5.56 Å². The summed E-state index contributed by atoms with van der Waals surface area (Å²) in [6.07, 6.45) is 4.21. The molecule has 2 aromatic rings. The first-order valence-corrected chi connectivity index (χ1v) is 9.86. The summed E-state index contributed by atoms with van der Waals surface area (Å²) in [5.41, 5.74) is 3.14. The average Bonchev–Trinajstić information content (AvgIpc) is 2.65. The van der Waals surface area contributed by atoms with Gasteiger partial charge in [-0.2, -0.15) is 0 Å². The second-order valence-electron chi connectivity index (χ2n) is 8.14. The molecule has 0 amide bonds. The lowest BCUT2D eigenvalue weighted by Crippen LogP contribution is -2.10. The van der Waals surface area contributed by atoms with Crippen molar-refractivity contribution in [2.24, 2.45) is 0 Å². The highest BCUT2D eigenvalue weighted by atomic mass is 16.6. The van der Waals surface area contributed by atoms with Gasteiger partial charge in [-0.25, -0.2) is 0 Å². The van der Waals surface area contributed by atoms with Crippen LogP contribution in [0.3, 0.4) is 0 Å². The molecule has 2 aromatic carbocycles. The lowest BCUT2D eigenvalue weighted by atomic mass is 9.86. The van der Waals surface area contributed by atoms with Gasteiger partial charge in [0.05, 0.1) is 0 Å². The molecule has 0 aliphatic rings. The van der Waals surface area contributed by atoms with Gasteiger partial charge in [0.25, 0.3) is 0 Å². The number of hydrogen-bond donors (Lipinski definition) is 0. The number of aryl methyl sites for hydroxylation is 1. The van der Waals surface area contributed by atoms with Gasteiger partial charge in [0.1, 0.15) is 0 Å². The van der Waals surface area contributed by atoms with Crippen molar-refractivity contribution in [2.45, 2.75) is 52.9 Å². The third kappa shape index (κ3) is 7.32. The topological polar surface area (TPSA) is 69.7 Å². The normalized spacial score (nSPS) is 11.4. The Morgan fingerprint density at radius 2 is 1.47 bits per heavy atom. The molecule has 2 rings (SSSR count). The van der Waals surface area contributed by atoms with Gasteiger partial charge in [0, 0.05) is 20.3 Å². The molecule has 0 N–H and O–H groups in total. The zero-order valence-corrected chi connectivity index (χ0v) is 18.2. The van der Waals surface area contributed by atoms with E-state index < -0.39 is 11.9 Å². The fourth-order valence-corrected chi connectivity index (χ4v) is 2.81. The van der Waals surface area contributed by atoms with E-state index in [1.165, 1.54) is 31.6 Å². The summed E-state index contributed by atoms with van der Waals surface area (Å²) in [6.45, 7) is 9.03. The van der Waals surface area contributed by atoms with Gasteiger partial charge >= 0.3 is 11.9 Å². The Bertz CT molecular complexity index is 946. The number of ketones is 1. The van der Waals surface area contributed by atoms with Crippen molar-refractivity contribution in [2.75, 3.05) is 0 Å². The second kappa shape index (κ2) is 10.0. The summed E-state index contributed by atoms with van der Waals surface area (Å²) in [5.74, 6) is -0.769. The van der Waals surface area contributed by atoms with Crippen LogP contribution in [-0.4, -0.2) is 17.7 Å². The molecular formula is C25H28O5. The van der Waals surface area contributed by atoms with Crippen LogP contribution < -0.4 is 9.47 Å². The minimum absolute atomic E-state index is 0.00648. The summed E-state index contributed by atoms with van der Waals surface area (Å²) in [5, 5.41) is 0. The van der Waals surface area contributed by atoms with Crippen LogP contribution in [0.5, 0.6) is 11.5 Å². The number of carbonyl (C=O) groups excluding carboxylic acids is 3. The number of esters is 2. The maximum absolute atomic E-state index is 12.2. The minimum Gasteiger partial charge on any atom is -0.423 e. The number of hydrogen-bond acceptors (Lipinski definition) is 5. The van der Waals surface area contributed by atoms with Crippen molar-refractivity contribution in [3.63, 3.8) is 0 Å². The number of rotatable bonds is 7. The summed E-state index contributed by atoms with van der Waals surface area (Å²) >= 11 is 0. The zero-order chi connectivity index (χ0) is 22.3. The van der Waals surface area contributed by atoms with Gasteiger partial charge < -0.3 is 9.47 Å². The standard InChI is InChI=1S/C25H28O5/c1-17(26)29-23-15-10-20(16-24(23)30-18(2)27)9-14-22(28)13-8-19-6-11-21(12-7-19)25(3,4)5/h6-7,9-12,14-16H,8,13H2,1-5H3/b14-9+. The molecule has 0 heterocycles. The van der Waals surface area contributed by atoms with Crippen LogP contribution in [-0.2, 0) is 26.2 Å². The molecule has 0 fully saturated rings. The molecule has 30 heavy (non-hydrogen) atoms. The molecular weight excluding hydrogens is 380 g/mol. The van der Waals surface area contributed by atoms with Crippen molar-refractivity contribution in [1.82, 2.24) is 0 Å². The Balaban J connectivity index is 2.01. The third-order valence-corrected chi connectivity index (χ3v) is 4.42. The SMILES string of the molecule is CC(=O)Oc1ccc(/C=C/C(=O)CCc2ccc(C(C)(C)C)cc2)cc1OC(C)=O. The first kappa shape index (κ1) is 23.1. The van der Waals surface area contributed by atoms with Crippen LogP contribution in [0.25, 0.3) is 6.08 Å².